The number of likely N-dealkylation sites (tertiary alicyclic amines) is 1. The molecule has 0 aromatic heterocycles. The number of nitrogens with two attached hydrogens (primary N) is 1. The van der Waals surface area contributed by atoms with E-state index in [1.807, 2.05) is 6.07 Å². The van der Waals surface area contributed by atoms with Crippen molar-refractivity contribution in [2.24, 2.45) is 11.7 Å². The van der Waals surface area contributed by atoms with Crippen LogP contribution in [0.5, 0.6) is 5.75 Å². The standard InChI is InChI=1S/C22H30N2O4/c23-20(27)16-5-4-14-10-17-22(28)7-6-15(25)11-21(22,18(14)19(16)26)8-9-24(17)12-13-2-1-3-13/h4-5,13,15,17,25-26,28H,1-3,6-12H2,(H2,23,27)/t15?,17-,21?,22-/m1/s1. The zero-order valence-electron chi connectivity index (χ0n) is 16.2. The lowest BCUT2D eigenvalue weighted by molar-refractivity contribution is -0.185. The Morgan fingerprint density at radius 3 is 2.71 bits per heavy atom. The number of aliphatic hydroxyl groups is 2. The van der Waals surface area contributed by atoms with E-state index < -0.39 is 23.0 Å². The molecule has 3 aliphatic carbocycles. The van der Waals surface area contributed by atoms with Crippen molar-refractivity contribution in [2.75, 3.05) is 13.1 Å². The van der Waals surface area contributed by atoms with Crippen LogP contribution in [-0.4, -0.2) is 57.0 Å². The quantitative estimate of drug-likeness (QED) is 0.629. The number of fused-ring (bicyclic) bond motifs is 1. The van der Waals surface area contributed by atoms with Gasteiger partial charge in [0.15, 0.2) is 0 Å². The Hall–Kier alpha value is -1.63. The van der Waals surface area contributed by atoms with Gasteiger partial charge in [0.1, 0.15) is 5.75 Å². The van der Waals surface area contributed by atoms with Gasteiger partial charge < -0.3 is 21.1 Å². The van der Waals surface area contributed by atoms with E-state index in [2.05, 4.69) is 4.90 Å². The van der Waals surface area contributed by atoms with Gasteiger partial charge in [-0.3, -0.25) is 9.69 Å². The van der Waals surface area contributed by atoms with Crippen LogP contribution in [0.15, 0.2) is 12.1 Å². The Morgan fingerprint density at radius 2 is 2.04 bits per heavy atom. The smallest absolute Gasteiger partial charge is 0.252 e. The van der Waals surface area contributed by atoms with Crippen molar-refractivity contribution in [2.45, 2.75) is 74.5 Å². The number of carbonyl (C=O) groups is 1. The number of hydrogen-bond acceptors (Lipinski definition) is 5. The summed E-state index contributed by atoms with van der Waals surface area (Å²) in [5.74, 6) is -0.0399. The molecule has 3 fully saturated rings. The number of amides is 1. The Morgan fingerprint density at radius 1 is 1.25 bits per heavy atom. The topological polar surface area (TPSA) is 107 Å². The number of piperidine rings is 1. The van der Waals surface area contributed by atoms with Crippen molar-refractivity contribution in [1.82, 2.24) is 4.90 Å². The molecule has 6 nitrogen and oxygen atoms in total. The molecule has 6 heteroatoms. The largest absolute Gasteiger partial charge is 0.507 e. The van der Waals surface area contributed by atoms with Crippen LogP contribution in [0.3, 0.4) is 0 Å². The van der Waals surface area contributed by atoms with Crippen LogP contribution in [0.25, 0.3) is 0 Å². The predicted molar refractivity (Wildman–Crippen MR) is 104 cm³/mol. The first-order valence-electron chi connectivity index (χ1n) is 10.7. The molecule has 1 aromatic carbocycles. The van der Waals surface area contributed by atoms with Gasteiger partial charge in [0, 0.05) is 23.6 Å². The van der Waals surface area contributed by atoms with Crippen LogP contribution in [0.4, 0.5) is 0 Å². The molecular weight excluding hydrogens is 356 g/mol. The summed E-state index contributed by atoms with van der Waals surface area (Å²) in [5, 5.41) is 33.6. The van der Waals surface area contributed by atoms with Crippen molar-refractivity contribution < 1.29 is 20.1 Å². The maximum Gasteiger partial charge on any atom is 0.252 e. The van der Waals surface area contributed by atoms with E-state index in [9.17, 15) is 20.1 Å². The summed E-state index contributed by atoms with van der Waals surface area (Å²) in [5.41, 5.74) is 5.49. The average Bonchev–Trinajstić information content (AvgIpc) is 2.59. The first kappa shape index (κ1) is 18.4. The van der Waals surface area contributed by atoms with Crippen molar-refractivity contribution >= 4 is 5.91 Å². The van der Waals surface area contributed by atoms with Crippen molar-refractivity contribution in [3.8, 4) is 5.75 Å². The maximum absolute atomic E-state index is 12.1. The van der Waals surface area contributed by atoms with Gasteiger partial charge in [-0.25, -0.2) is 0 Å². The van der Waals surface area contributed by atoms with Crippen LogP contribution in [0, 0.1) is 5.92 Å². The molecule has 1 aliphatic heterocycles. The summed E-state index contributed by atoms with van der Waals surface area (Å²) in [6, 6.07) is 3.47. The fraction of sp³-hybridized carbons (Fsp3) is 0.682. The molecule has 152 valence electrons. The molecule has 28 heavy (non-hydrogen) atoms. The molecule has 0 spiro atoms. The van der Waals surface area contributed by atoms with Crippen LogP contribution in [0.1, 0.15) is 66.4 Å². The maximum atomic E-state index is 12.1. The molecular formula is C22H30N2O4. The number of aromatic hydroxyl groups is 1. The molecule has 1 heterocycles. The zero-order valence-corrected chi connectivity index (χ0v) is 16.2. The third-order valence-corrected chi connectivity index (χ3v) is 8.23. The van der Waals surface area contributed by atoms with Crippen LogP contribution < -0.4 is 5.73 Å². The molecule has 5 N–H and O–H groups in total. The van der Waals surface area contributed by atoms with E-state index in [1.165, 1.54) is 19.3 Å². The minimum absolute atomic E-state index is 0.0133. The molecule has 4 atom stereocenters. The second-order valence-corrected chi connectivity index (χ2v) is 9.52. The molecule has 2 bridgehead atoms. The van der Waals surface area contributed by atoms with E-state index in [1.54, 1.807) is 6.07 Å². The van der Waals surface area contributed by atoms with Crippen molar-refractivity contribution in [3.05, 3.63) is 28.8 Å². The van der Waals surface area contributed by atoms with Gasteiger partial charge in [-0.1, -0.05) is 12.5 Å². The van der Waals surface area contributed by atoms with Gasteiger partial charge in [-0.2, -0.15) is 0 Å². The minimum atomic E-state index is -1.00. The number of nitrogens with zero attached hydrogens (tertiary/aromatic N) is 1. The third kappa shape index (κ3) is 2.34. The monoisotopic (exact) mass is 386 g/mol. The third-order valence-electron chi connectivity index (χ3n) is 8.23. The number of hydrogen-bond donors (Lipinski definition) is 4. The number of rotatable bonds is 3. The molecule has 1 saturated heterocycles. The van der Waals surface area contributed by atoms with E-state index in [4.69, 9.17) is 5.73 Å². The Balaban J connectivity index is 1.65. The summed E-state index contributed by atoms with van der Waals surface area (Å²) in [6.07, 6.45) is 6.15. The normalized spacial score (nSPS) is 37.6. The molecule has 5 rings (SSSR count). The van der Waals surface area contributed by atoms with Crippen molar-refractivity contribution in [3.63, 3.8) is 0 Å². The second-order valence-electron chi connectivity index (χ2n) is 9.52. The first-order chi connectivity index (χ1) is 13.4. The number of phenols is 1. The van der Waals surface area contributed by atoms with E-state index in [0.29, 0.717) is 37.7 Å². The van der Waals surface area contributed by atoms with Gasteiger partial charge in [0.2, 0.25) is 0 Å². The minimum Gasteiger partial charge on any atom is -0.507 e. The van der Waals surface area contributed by atoms with Gasteiger partial charge in [-0.05, 0) is 69.0 Å². The highest BCUT2D eigenvalue weighted by molar-refractivity contribution is 5.96. The summed E-state index contributed by atoms with van der Waals surface area (Å²) >= 11 is 0. The summed E-state index contributed by atoms with van der Waals surface area (Å²) < 4.78 is 0. The lowest BCUT2D eigenvalue weighted by atomic mass is 9.48. The first-order valence-corrected chi connectivity index (χ1v) is 10.7. The van der Waals surface area contributed by atoms with E-state index >= 15 is 0 Å². The molecule has 2 unspecified atom stereocenters. The zero-order chi connectivity index (χ0) is 19.7. The number of primary amides is 1. The fourth-order valence-corrected chi connectivity index (χ4v) is 6.61. The highest BCUT2D eigenvalue weighted by Crippen LogP contribution is 2.60. The highest BCUT2D eigenvalue weighted by atomic mass is 16.3. The second kappa shape index (κ2) is 6.18. The Labute approximate surface area is 165 Å². The molecule has 1 aromatic rings. The lowest BCUT2D eigenvalue weighted by Crippen LogP contribution is -2.73. The number of carbonyl (C=O) groups excluding carboxylic acids is 1. The van der Waals surface area contributed by atoms with Crippen LogP contribution in [-0.2, 0) is 11.8 Å². The molecule has 0 radical (unpaired) electrons. The SMILES string of the molecule is NC(=O)c1ccc2c(c1O)C13CCN(CC4CCC4)[C@H](C2)[C@]1(O)CCC(O)C3. The Kier molecular flexibility index (Phi) is 4.06. The van der Waals surface area contributed by atoms with E-state index in [-0.39, 0.29) is 17.4 Å². The molecule has 2 saturated carbocycles. The summed E-state index contributed by atoms with van der Waals surface area (Å²) in [4.78, 5) is 14.3. The van der Waals surface area contributed by atoms with E-state index in [0.717, 1.165) is 24.6 Å². The Bertz CT molecular complexity index is 823. The lowest BCUT2D eigenvalue weighted by Gasteiger charge is -2.64. The average molecular weight is 386 g/mol. The molecule has 4 aliphatic rings. The number of benzene rings is 1. The van der Waals surface area contributed by atoms with Crippen LogP contribution >= 0.6 is 0 Å². The molecule has 1 amide bonds. The van der Waals surface area contributed by atoms with Gasteiger partial charge in [0.05, 0.1) is 17.3 Å². The summed E-state index contributed by atoms with van der Waals surface area (Å²) in [7, 11) is 0. The summed E-state index contributed by atoms with van der Waals surface area (Å²) in [6.45, 7) is 1.86. The van der Waals surface area contributed by atoms with Gasteiger partial charge >= 0.3 is 0 Å². The van der Waals surface area contributed by atoms with Gasteiger partial charge in [0.25, 0.3) is 5.91 Å². The van der Waals surface area contributed by atoms with Crippen molar-refractivity contribution in [1.29, 1.82) is 0 Å². The van der Waals surface area contributed by atoms with Crippen LogP contribution in [0.2, 0.25) is 0 Å². The van der Waals surface area contributed by atoms with Gasteiger partial charge in [-0.15, -0.1) is 0 Å². The fourth-order valence-electron chi connectivity index (χ4n) is 6.61. The highest BCUT2D eigenvalue weighted by Gasteiger charge is 2.65. The predicted octanol–water partition coefficient (Wildman–Crippen LogP) is 1.44. The number of aliphatic hydroxyl groups excluding tert-OH is 1.